The van der Waals surface area contributed by atoms with Gasteiger partial charge < -0.3 is 15.6 Å². The Labute approximate surface area is 208 Å². The minimum absolute atomic E-state index is 0.0979. The van der Waals surface area contributed by atoms with Crippen LogP contribution in [0.1, 0.15) is 29.4 Å². The number of H-pyrrole nitrogens is 1. The van der Waals surface area contributed by atoms with Crippen molar-refractivity contribution < 1.29 is 22.8 Å². The molecule has 4 aromatic rings. The van der Waals surface area contributed by atoms with Crippen LogP contribution in [0.15, 0.2) is 77.7 Å². The largest absolute Gasteiger partial charge is 0.416 e. The van der Waals surface area contributed by atoms with Crippen molar-refractivity contribution in [2.45, 2.75) is 35.2 Å². The number of para-hydroxylation sites is 2. The number of nitrogens with zero attached hydrogens (tertiary/aromatic N) is 1. The van der Waals surface area contributed by atoms with Gasteiger partial charge in [0.2, 0.25) is 11.8 Å². The molecule has 0 bridgehead atoms. The van der Waals surface area contributed by atoms with Crippen LogP contribution in [0.25, 0.3) is 11.0 Å². The van der Waals surface area contributed by atoms with Gasteiger partial charge in [0.15, 0.2) is 0 Å². The fourth-order valence-electron chi connectivity index (χ4n) is 4.09. The summed E-state index contributed by atoms with van der Waals surface area (Å²) in [6, 6.07) is 19.9. The van der Waals surface area contributed by atoms with E-state index in [1.807, 2.05) is 54.6 Å². The van der Waals surface area contributed by atoms with Gasteiger partial charge in [0.1, 0.15) is 5.82 Å². The lowest BCUT2D eigenvalue weighted by Gasteiger charge is -2.25. The Morgan fingerprint density at radius 1 is 1.06 bits per heavy atom. The number of amides is 2. The van der Waals surface area contributed by atoms with Gasteiger partial charge in [-0.1, -0.05) is 42.5 Å². The molecule has 2 atom stereocenters. The predicted octanol–water partition coefficient (Wildman–Crippen LogP) is 5.48. The zero-order valence-corrected chi connectivity index (χ0v) is 19.6. The highest BCUT2D eigenvalue weighted by Gasteiger charge is 2.34. The molecule has 0 unspecified atom stereocenters. The number of aromatic amines is 1. The van der Waals surface area contributed by atoms with E-state index in [-0.39, 0.29) is 18.0 Å². The van der Waals surface area contributed by atoms with Crippen LogP contribution in [-0.2, 0) is 22.2 Å². The van der Waals surface area contributed by atoms with Crippen LogP contribution in [0.2, 0.25) is 0 Å². The molecule has 5 rings (SSSR count). The first kappa shape index (κ1) is 23.9. The van der Waals surface area contributed by atoms with E-state index in [9.17, 15) is 22.8 Å². The van der Waals surface area contributed by atoms with E-state index < -0.39 is 28.9 Å². The summed E-state index contributed by atoms with van der Waals surface area (Å²) in [5.74, 6) is -0.274. The molecule has 1 aliphatic heterocycles. The Kier molecular flexibility index (Phi) is 6.44. The van der Waals surface area contributed by atoms with Gasteiger partial charge in [-0.25, -0.2) is 4.98 Å². The number of halogens is 3. The van der Waals surface area contributed by atoms with E-state index in [1.165, 1.54) is 6.07 Å². The third kappa shape index (κ3) is 5.23. The van der Waals surface area contributed by atoms with Gasteiger partial charge in [-0.05, 0) is 42.3 Å². The first-order valence-electron chi connectivity index (χ1n) is 11.2. The van der Waals surface area contributed by atoms with Gasteiger partial charge in [-0.2, -0.15) is 13.2 Å². The number of nitrogens with one attached hydrogen (secondary N) is 3. The molecule has 36 heavy (non-hydrogen) atoms. The highest BCUT2D eigenvalue weighted by molar-refractivity contribution is 8.01. The van der Waals surface area contributed by atoms with Crippen LogP contribution in [0.5, 0.6) is 0 Å². The number of alkyl halides is 3. The van der Waals surface area contributed by atoms with Crippen LogP contribution in [0.4, 0.5) is 18.9 Å². The maximum absolute atomic E-state index is 13.0. The molecule has 1 aliphatic rings. The molecule has 0 saturated carbocycles. The number of carbonyl (C=O) groups excluding carboxylic acids is 2. The fourth-order valence-corrected chi connectivity index (χ4v) is 5.18. The van der Waals surface area contributed by atoms with Crippen molar-refractivity contribution in [2.24, 2.45) is 0 Å². The van der Waals surface area contributed by atoms with E-state index in [0.29, 0.717) is 17.1 Å². The number of benzene rings is 3. The number of aromatic nitrogens is 2. The average molecular weight is 511 g/mol. The normalized spacial score (nSPS) is 16.3. The molecule has 10 heteroatoms. The van der Waals surface area contributed by atoms with E-state index >= 15 is 0 Å². The molecule has 0 aliphatic carbocycles. The van der Waals surface area contributed by atoms with Crippen molar-refractivity contribution >= 4 is 40.3 Å². The monoisotopic (exact) mass is 510 g/mol. The molecule has 3 N–H and O–H groups in total. The first-order chi connectivity index (χ1) is 17.3. The van der Waals surface area contributed by atoms with Gasteiger partial charge in [-0.3, -0.25) is 9.59 Å². The van der Waals surface area contributed by atoms with Crippen LogP contribution in [0, 0.1) is 0 Å². The van der Waals surface area contributed by atoms with E-state index in [4.69, 9.17) is 0 Å². The molecular formula is C26H21F3N4O2S. The second kappa shape index (κ2) is 9.69. The van der Waals surface area contributed by atoms with Crippen molar-refractivity contribution in [3.63, 3.8) is 0 Å². The van der Waals surface area contributed by atoms with Gasteiger partial charge in [0.05, 0.1) is 33.6 Å². The highest BCUT2D eigenvalue weighted by atomic mass is 32.2. The lowest BCUT2D eigenvalue weighted by atomic mass is 10.0. The van der Waals surface area contributed by atoms with Crippen LogP contribution in [-0.4, -0.2) is 27.0 Å². The summed E-state index contributed by atoms with van der Waals surface area (Å²) in [5.41, 5.74) is 1.88. The number of hydrogen-bond donors (Lipinski definition) is 3. The Balaban J connectivity index is 1.32. The number of rotatable bonds is 6. The smallest absolute Gasteiger partial charge is 0.346 e. The minimum Gasteiger partial charge on any atom is -0.346 e. The van der Waals surface area contributed by atoms with E-state index in [2.05, 4.69) is 20.6 Å². The third-order valence-electron chi connectivity index (χ3n) is 5.85. The van der Waals surface area contributed by atoms with Crippen molar-refractivity contribution in [3.8, 4) is 0 Å². The Morgan fingerprint density at radius 3 is 2.56 bits per heavy atom. The van der Waals surface area contributed by atoms with Crippen molar-refractivity contribution in [1.29, 1.82) is 0 Å². The molecule has 0 spiro atoms. The number of hydrogen-bond acceptors (Lipinski definition) is 4. The third-order valence-corrected chi connectivity index (χ3v) is 7.13. The summed E-state index contributed by atoms with van der Waals surface area (Å²) < 4.78 is 39.0. The second-order valence-electron chi connectivity index (χ2n) is 8.46. The predicted molar refractivity (Wildman–Crippen MR) is 131 cm³/mol. The maximum Gasteiger partial charge on any atom is 0.416 e. The molecule has 0 fully saturated rings. The number of imidazole rings is 1. The topological polar surface area (TPSA) is 86.9 Å². The van der Waals surface area contributed by atoms with E-state index in [1.54, 1.807) is 0 Å². The maximum atomic E-state index is 13.0. The quantitative estimate of drug-likeness (QED) is 0.320. The number of fused-ring (bicyclic) bond motifs is 2. The molecular weight excluding hydrogens is 489 g/mol. The lowest BCUT2D eigenvalue weighted by molar-refractivity contribution is -0.137. The molecule has 3 aromatic carbocycles. The molecule has 2 heterocycles. The second-order valence-corrected chi connectivity index (χ2v) is 9.70. The summed E-state index contributed by atoms with van der Waals surface area (Å²) in [6.45, 7) is 0. The number of anilines is 1. The Morgan fingerprint density at radius 2 is 1.81 bits per heavy atom. The number of carbonyl (C=O) groups is 2. The first-order valence-corrected chi connectivity index (χ1v) is 12.1. The SMILES string of the molecule is O=C(C[C@H]1Sc2ccc(C(F)(F)F)cc2NC1=O)N[C@@H](Cc1ccccc1)c1nc2ccccc2[nH]1. The summed E-state index contributed by atoms with van der Waals surface area (Å²) in [6.07, 6.45) is -4.16. The average Bonchev–Trinajstić information content (AvgIpc) is 3.28. The van der Waals surface area contributed by atoms with Crippen LogP contribution in [0.3, 0.4) is 0 Å². The minimum atomic E-state index is -4.51. The van der Waals surface area contributed by atoms with Crippen molar-refractivity contribution in [2.75, 3.05) is 5.32 Å². The van der Waals surface area contributed by atoms with Gasteiger partial charge in [-0.15, -0.1) is 11.8 Å². The summed E-state index contributed by atoms with van der Waals surface area (Å²) in [5, 5.41) is 4.73. The summed E-state index contributed by atoms with van der Waals surface area (Å²) >= 11 is 1.08. The molecule has 2 amide bonds. The van der Waals surface area contributed by atoms with Crippen molar-refractivity contribution in [1.82, 2.24) is 15.3 Å². The molecule has 184 valence electrons. The summed E-state index contributed by atoms with van der Waals surface area (Å²) in [7, 11) is 0. The molecule has 1 aromatic heterocycles. The molecule has 6 nitrogen and oxygen atoms in total. The van der Waals surface area contributed by atoms with Crippen LogP contribution >= 0.6 is 11.8 Å². The fraction of sp³-hybridized carbons (Fsp3) is 0.192. The zero-order chi connectivity index (χ0) is 25.3. The van der Waals surface area contributed by atoms with Crippen LogP contribution < -0.4 is 10.6 Å². The molecule has 0 radical (unpaired) electrons. The Bertz CT molecular complexity index is 1390. The lowest BCUT2D eigenvalue weighted by Crippen LogP contribution is -2.37. The van der Waals surface area contributed by atoms with E-state index in [0.717, 1.165) is 40.5 Å². The molecule has 0 saturated heterocycles. The van der Waals surface area contributed by atoms with Crippen molar-refractivity contribution in [3.05, 3.63) is 89.7 Å². The number of thioether (sulfide) groups is 1. The Hall–Kier alpha value is -3.79. The van der Waals surface area contributed by atoms with Gasteiger partial charge in [0.25, 0.3) is 0 Å². The summed E-state index contributed by atoms with van der Waals surface area (Å²) in [4.78, 5) is 34.0. The zero-order valence-electron chi connectivity index (χ0n) is 18.8. The standard InChI is InChI=1S/C26H21F3N4O2S/c27-26(28,29)16-10-11-21-19(13-16)33-25(35)22(36-21)14-23(34)30-20(12-15-6-2-1-3-7-15)24-31-17-8-4-5-9-18(17)32-24/h1-11,13,20,22H,12,14H2,(H,30,34)(H,31,32)(H,33,35)/t20-,22+/m0/s1. The van der Waals surface area contributed by atoms with Gasteiger partial charge in [0, 0.05) is 11.3 Å². The highest BCUT2D eigenvalue weighted by Crippen LogP contribution is 2.40. The van der Waals surface area contributed by atoms with Gasteiger partial charge >= 0.3 is 6.18 Å².